The molecular weight excluding hydrogens is 386 g/mol. The van der Waals surface area contributed by atoms with Crippen LogP contribution in [-0.2, 0) is 14.8 Å². The standard InChI is InChI=1S/C18H25N3O6S/c1-12(2)21-16(22)18(19-17(21)23)7-9-20(10-8-18)28(24,25)13-5-6-14(26-3)15(11-13)27-4/h5-6,11-12H,7-10H2,1-4H3,(H,19,23). The summed E-state index contributed by atoms with van der Waals surface area (Å²) in [7, 11) is -0.853. The van der Waals surface area contributed by atoms with Gasteiger partial charge < -0.3 is 14.8 Å². The van der Waals surface area contributed by atoms with Gasteiger partial charge in [-0.25, -0.2) is 13.2 Å². The molecule has 0 saturated carbocycles. The number of sulfonamides is 1. The van der Waals surface area contributed by atoms with Gasteiger partial charge in [0.2, 0.25) is 10.0 Å². The molecule has 1 N–H and O–H groups in total. The first-order valence-electron chi connectivity index (χ1n) is 9.04. The van der Waals surface area contributed by atoms with Gasteiger partial charge in [0.05, 0.1) is 19.1 Å². The quantitative estimate of drug-likeness (QED) is 0.730. The van der Waals surface area contributed by atoms with Crippen LogP contribution in [0.25, 0.3) is 0 Å². The number of rotatable bonds is 5. The smallest absolute Gasteiger partial charge is 0.325 e. The molecule has 1 aromatic rings. The molecule has 3 amide bonds. The maximum Gasteiger partial charge on any atom is 0.325 e. The van der Waals surface area contributed by atoms with Crippen LogP contribution in [0.2, 0.25) is 0 Å². The van der Waals surface area contributed by atoms with E-state index in [0.29, 0.717) is 11.5 Å². The molecule has 2 fully saturated rings. The Hall–Kier alpha value is -2.33. The van der Waals surface area contributed by atoms with Crippen LogP contribution in [0.5, 0.6) is 11.5 Å². The van der Waals surface area contributed by atoms with Gasteiger partial charge in [-0.15, -0.1) is 0 Å². The van der Waals surface area contributed by atoms with Crippen LogP contribution in [0.15, 0.2) is 23.1 Å². The molecule has 0 bridgehead atoms. The molecule has 0 atom stereocenters. The summed E-state index contributed by atoms with van der Waals surface area (Å²) in [6.07, 6.45) is 0.459. The number of carbonyl (C=O) groups excluding carboxylic acids is 2. The van der Waals surface area contributed by atoms with Crippen molar-refractivity contribution in [3.63, 3.8) is 0 Å². The summed E-state index contributed by atoms with van der Waals surface area (Å²) in [4.78, 5) is 26.2. The van der Waals surface area contributed by atoms with Crippen molar-refractivity contribution < 1.29 is 27.5 Å². The number of hydrogen-bond donors (Lipinski definition) is 1. The average Bonchev–Trinajstić information content (AvgIpc) is 2.91. The van der Waals surface area contributed by atoms with E-state index >= 15 is 0 Å². The zero-order valence-electron chi connectivity index (χ0n) is 16.4. The number of piperidine rings is 1. The molecule has 0 aliphatic carbocycles. The lowest BCUT2D eigenvalue weighted by Gasteiger charge is -2.36. The number of urea groups is 1. The lowest BCUT2D eigenvalue weighted by Crippen LogP contribution is -2.56. The van der Waals surface area contributed by atoms with Gasteiger partial charge in [-0.05, 0) is 38.8 Å². The minimum Gasteiger partial charge on any atom is -0.493 e. The highest BCUT2D eigenvalue weighted by Crippen LogP contribution is 2.35. The van der Waals surface area contributed by atoms with Gasteiger partial charge >= 0.3 is 6.03 Å². The van der Waals surface area contributed by atoms with E-state index in [4.69, 9.17) is 9.47 Å². The number of imide groups is 1. The number of ether oxygens (including phenoxy) is 2. The Morgan fingerprint density at radius 2 is 1.68 bits per heavy atom. The second-order valence-corrected chi connectivity index (χ2v) is 9.14. The van der Waals surface area contributed by atoms with E-state index in [0.717, 1.165) is 0 Å². The fourth-order valence-corrected chi connectivity index (χ4v) is 5.14. The van der Waals surface area contributed by atoms with Crippen LogP contribution in [0.3, 0.4) is 0 Å². The van der Waals surface area contributed by atoms with Crippen molar-refractivity contribution in [3.05, 3.63) is 18.2 Å². The highest BCUT2D eigenvalue weighted by molar-refractivity contribution is 7.89. The van der Waals surface area contributed by atoms with Gasteiger partial charge in [0.1, 0.15) is 5.54 Å². The zero-order chi connectivity index (χ0) is 20.7. The molecular formula is C18H25N3O6S. The van der Waals surface area contributed by atoms with E-state index in [1.165, 1.54) is 35.6 Å². The van der Waals surface area contributed by atoms with Crippen molar-refractivity contribution in [2.24, 2.45) is 0 Å². The van der Waals surface area contributed by atoms with Crippen molar-refractivity contribution in [2.45, 2.75) is 43.2 Å². The van der Waals surface area contributed by atoms with E-state index in [1.807, 2.05) is 0 Å². The minimum atomic E-state index is -3.77. The highest BCUT2D eigenvalue weighted by atomic mass is 32.2. The Bertz CT molecular complexity index is 891. The largest absolute Gasteiger partial charge is 0.493 e. The van der Waals surface area contributed by atoms with Crippen LogP contribution in [-0.4, -0.2) is 68.5 Å². The van der Waals surface area contributed by atoms with Gasteiger partial charge in [-0.1, -0.05) is 0 Å². The molecule has 10 heteroatoms. The zero-order valence-corrected chi connectivity index (χ0v) is 17.2. The molecule has 1 spiro atoms. The first-order valence-corrected chi connectivity index (χ1v) is 10.5. The Labute approximate surface area is 164 Å². The Balaban J connectivity index is 1.80. The van der Waals surface area contributed by atoms with Gasteiger partial charge in [0, 0.05) is 25.2 Å². The molecule has 2 aliphatic rings. The lowest BCUT2D eigenvalue weighted by atomic mass is 9.88. The van der Waals surface area contributed by atoms with Gasteiger partial charge in [0.25, 0.3) is 5.91 Å². The highest BCUT2D eigenvalue weighted by Gasteiger charge is 2.53. The first kappa shape index (κ1) is 20.4. The number of methoxy groups -OCH3 is 2. The average molecular weight is 411 g/mol. The van der Waals surface area contributed by atoms with E-state index in [9.17, 15) is 18.0 Å². The van der Waals surface area contributed by atoms with Crippen LogP contribution < -0.4 is 14.8 Å². The Kier molecular flexibility index (Phi) is 5.28. The Morgan fingerprint density at radius 1 is 1.07 bits per heavy atom. The second kappa shape index (κ2) is 7.25. The summed E-state index contributed by atoms with van der Waals surface area (Å²) >= 11 is 0. The lowest BCUT2D eigenvalue weighted by molar-refractivity contribution is -0.133. The number of nitrogens with one attached hydrogen (secondary N) is 1. The normalized spacial score (nSPS) is 20.0. The fourth-order valence-electron chi connectivity index (χ4n) is 3.68. The molecule has 0 radical (unpaired) electrons. The van der Waals surface area contributed by atoms with Gasteiger partial charge in [-0.2, -0.15) is 4.31 Å². The molecule has 0 aromatic heterocycles. The summed E-state index contributed by atoms with van der Waals surface area (Å²) in [5, 5.41) is 2.77. The summed E-state index contributed by atoms with van der Waals surface area (Å²) in [6, 6.07) is 3.75. The molecule has 2 heterocycles. The second-order valence-electron chi connectivity index (χ2n) is 7.20. The number of carbonyl (C=O) groups is 2. The maximum atomic E-state index is 13.0. The third-order valence-electron chi connectivity index (χ3n) is 5.28. The van der Waals surface area contributed by atoms with E-state index in [-0.39, 0.29) is 42.8 Å². The maximum absolute atomic E-state index is 13.0. The SMILES string of the molecule is COc1ccc(S(=O)(=O)N2CCC3(CC2)NC(=O)N(C(C)C)C3=O)cc1OC. The monoisotopic (exact) mass is 411 g/mol. The molecule has 9 nitrogen and oxygen atoms in total. The van der Waals surface area contributed by atoms with Crippen LogP contribution >= 0.6 is 0 Å². The van der Waals surface area contributed by atoms with Crippen molar-refractivity contribution in [2.75, 3.05) is 27.3 Å². The van der Waals surface area contributed by atoms with E-state index in [2.05, 4.69) is 5.32 Å². The molecule has 28 heavy (non-hydrogen) atoms. The first-order chi connectivity index (χ1) is 13.2. The van der Waals surface area contributed by atoms with Crippen LogP contribution in [0.1, 0.15) is 26.7 Å². The summed E-state index contributed by atoms with van der Waals surface area (Å²) in [5.41, 5.74) is -1.02. The van der Waals surface area contributed by atoms with Gasteiger partial charge in [-0.3, -0.25) is 9.69 Å². The molecule has 3 rings (SSSR count). The topological polar surface area (TPSA) is 105 Å². The summed E-state index contributed by atoms with van der Waals surface area (Å²) < 4.78 is 37.7. The molecule has 2 aliphatic heterocycles. The Morgan fingerprint density at radius 3 is 2.18 bits per heavy atom. The number of nitrogens with zero attached hydrogens (tertiary/aromatic N) is 2. The van der Waals surface area contributed by atoms with Crippen molar-refractivity contribution in [1.82, 2.24) is 14.5 Å². The summed E-state index contributed by atoms with van der Waals surface area (Å²) in [5.74, 6) is 0.477. The van der Waals surface area contributed by atoms with E-state index in [1.54, 1.807) is 19.9 Å². The van der Waals surface area contributed by atoms with Crippen molar-refractivity contribution in [1.29, 1.82) is 0 Å². The predicted octanol–water partition coefficient (Wildman–Crippen LogP) is 1.19. The molecule has 154 valence electrons. The van der Waals surface area contributed by atoms with Gasteiger partial charge in [0.15, 0.2) is 11.5 Å². The number of benzene rings is 1. The number of hydrogen-bond acceptors (Lipinski definition) is 6. The molecule has 2 saturated heterocycles. The third kappa shape index (κ3) is 3.20. The number of amides is 3. The van der Waals surface area contributed by atoms with Crippen molar-refractivity contribution in [3.8, 4) is 11.5 Å². The minimum absolute atomic E-state index is 0.0895. The fraction of sp³-hybridized carbons (Fsp3) is 0.556. The summed E-state index contributed by atoms with van der Waals surface area (Å²) in [6.45, 7) is 3.81. The van der Waals surface area contributed by atoms with Crippen molar-refractivity contribution >= 4 is 22.0 Å². The molecule has 1 aromatic carbocycles. The van der Waals surface area contributed by atoms with E-state index < -0.39 is 21.6 Å². The van der Waals surface area contributed by atoms with Crippen LogP contribution in [0, 0.1) is 0 Å². The van der Waals surface area contributed by atoms with Crippen LogP contribution in [0.4, 0.5) is 4.79 Å². The third-order valence-corrected chi connectivity index (χ3v) is 7.17. The predicted molar refractivity (Wildman–Crippen MR) is 101 cm³/mol. The molecule has 0 unspecified atom stereocenters.